The quantitative estimate of drug-likeness (QED) is 0.702. The fourth-order valence-corrected chi connectivity index (χ4v) is 1.88. The zero-order valence-corrected chi connectivity index (χ0v) is 11.6. The number of hydrogen-bond acceptors (Lipinski definition) is 4. The molecule has 1 aromatic carbocycles. The highest BCUT2D eigenvalue weighted by molar-refractivity contribution is 6.58. The van der Waals surface area contributed by atoms with Gasteiger partial charge < -0.3 is 14.8 Å². The molecule has 0 saturated heterocycles. The molecule has 0 aliphatic rings. The number of methoxy groups -OCH3 is 1. The van der Waals surface area contributed by atoms with Crippen molar-refractivity contribution in [3.63, 3.8) is 0 Å². The van der Waals surface area contributed by atoms with Crippen molar-refractivity contribution >= 4 is 12.6 Å². The van der Waals surface area contributed by atoms with Gasteiger partial charge in [-0.05, 0) is 37.0 Å². The SMILES string of the molecule is COCCN(Cc1cc(F)cc(B(O)O)c1)C(C)C. The van der Waals surface area contributed by atoms with Gasteiger partial charge in [-0.3, -0.25) is 4.90 Å². The minimum Gasteiger partial charge on any atom is -0.423 e. The second-order valence-corrected chi connectivity index (χ2v) is 4.82. The molecular weight excluding hydrogens is 248 g/mol. The zero-order chi connectivity index (χ0) is 14.4. The Kier molecular flexibility index (Phi) is 6.44. The van der Waals surface area contributed by atoms with Crippen molar-refractivity contribution in [2.75, 3.05) is 20.3 Å². The molecule has 0 amide bonds. The lowest BCUT2D eigenvalue weighted by molar-refractivity contribution is 0.125. The van der Waals surface area contributed by atoms with Gasteiger partial charge in [0, 0.05) is 26.2 Å². The normalized spacial score (nSPS) is 11.4. The zero-order valence-electron chi connectivity index (χ0n) is 11.6. The predicted octanol–water partition coefficient (Wildman–Crippen LogP) is 0.362. The maximum atomic E-state index is 13.4. The lowest BCUT2D eigenvalue weighted by Crippen LogP contribution is -2.35. The Morgan fingerprint density at radius 3 is 2.53 bits per heavy atom. The Labute approximate surface area is 114 Å². The largest absolute Gasteiger partial charge is 0.488 e. The molecule has 0 aliphatic carbocycles. The third-order valence-electron chi connectivity index (χ3n) is 2.98. The van der Waals surface area contributed by atoms with Crippen molar-refractivity contribution in [1.82, 2.24) is 4.90 Å². The highest BCUT2D eigenvalue weighted by Crippen LogP contribution is 2.09. The molecule has 0 aromatic heterocycles. The molecule has 0 radical (unpaired) electrons. The van der Waals surface area contributed by atoms with Gasteiger partial charge in [0.15, 0.2) is 0 Å². The van der Waals surface area contributed by atoms with Crippen molar-refractivity contribution in [2.45, 2.75) is 26.4 Å². The van der Waals surface area contributed by atoms with E-state index < -0.39 is 12.9 Å². The molecule has 19 heavy (non-hydrogen) atoms. The Hall–Kier alpha value is -0.945. The number of ether oxygens (including phenoxy) is 1. The Morgan fingerprint density at radius 2 is 2.00 bits per heavy atom. The van der Waals surface area contributed by atoms with Crippen LogP contribution in [0.5, 0.6) is 0 Å². The monoisotopic (exact) mass is 269 g/mol. The van der Waals surface area contributed by atoms with E-state index in [9.17, 15) is 4.39 Å². The number of hydrogen-bond donors (Lipinski definition) is 2. The summed E-state index contributed by atoms with van der Waals surface area (Å²) in [6.45, 7) is 5.98. The fraction of sp³-hybridized carbons (Fsp3) is 0.538. The highest BCUT2D eigenvalue weighted by atomic mass is 19.1. The van der Waals surface area contributed by atoms with Crippen molar-refractivity contribution < 1.29 is 19.2 Å². The first-order valence-electron chi connectivity index (χ1n) is 6.32. The molecule has 0 bridgehead atoms. The number of nitrogens with zero attached hydrogens (tertiary/aromatic N) is 1. The summed E-state index contributed by atoms with van der Waals surface area (Å²) in [5.74, 6) is -0.462. The van der Waals surface area contributed by atoms with Crippen LogP contribution in [-0.4, -0.2) is 48.4 Å². The first kappa shape index (κ1) is 16.1. The average molecular weight is 269 g/mol. The molecule has 2 N–H and O–H groups in total. The molecule has 1 aromatic rings. The van der Waals surface area contributed by atoms with E-state index >= 15 is 0 Å². The van der Waals surface area contributed by atoms with Gasteiger partial charge >= 0.3 is 7.12 Å². The summed E-state index contributed by atoms with van der Waals surface area (Å²) >= 11 is 0. The first-order valence-corrected chi connectivity index (χ1v) is 6.32. The Bertz CT molecular complexity index is 401. The Morgan fingerprint density at radius 1 is 1.32 bits per heavy atom. The third kappa shape index (κ3) is 5.28. The molecule has 0 fully saturated rings. The Balaban J connectivity index is 2.83. The van der Waals surface area contributed by atoms with Gasteiger partial charge in [0.2, 0.25) is 0 Å². The maximum absolute atomic E-state index is 13.4. The summed E-state index contributed by atoms with van der Waals surface area (Å²) in [5, 5.41) is 18.2. The number of halogens is 1. The van der Waals surface area contributed by atoms with Crippen molar-refractivity contribution in [3.8, 4) is 0 Å². The molecule has 6 heteroatoms. The van der Waals surface area contributed by atoms with Crippen LogP contribution in [-0.2, 0) is 11.3 Å². The molecular formula is C13H21BFNO3. The third-order valence-corrected chi connectivity index (χ3v) is 2.98. The lowest BCUT2D eigenvalue weighted by atomic mass is 9.79. The van der Waals surface area contributed by atoms with Crippen LogP contribution in [0.3, 0.4) is 0 Å². The van der Waals surface area contributed by atoms with Gasteiger partial charge in [-0.2, -0.15) is 0 Å². The van der Waals surface area contributed by atoms with E-state index in [0.717, 1.165) is 12.6 Å². The van der Waals surface area contributed by atoms with Gasteiger partial charge in [-0.1, -0.05) is 6.07 Å². The minimum atomic E-state index is -1.65. The first-order chi connectivity index (χ1) is 8.93. The van der Waals surface area contributed by atoms with E-state index in [4.69, 9.17) is 14.8 Å². The average Bonchev–Trinajstić information content (AvgIpc) is 2.33. The predicted molar refractivity (Wildman–Crippen MR) is 73.6 cm³/mol. The highest BCUT2D eigenvalue weighted by Gasteiger charge is 2.15. The van der Waals surface area contributed by atoms with E-state index in [-0.39, 0.29) is 5.46 Å². The molecule has 1 rings (SSSR count). The van der Waals surface area contributed by atoms with Crippen LogP contribution < -0.4 is 5.46 Å². The van der Waals surface area contributed by atoms with Gasteiger partial charge in [0.1, 0.15) is 5.82 Å². The summed E-state index contributed by atoms with van der Waals surface area (Å²) < 4.78 is 18.5. The smallest absolute Gasteiger partial charge is 0.423 e. The second-order valence-electron chi connectivity index (χ2n) is 4.82. The van der Waals surface area contributed by atoms with Crippen LogP contribution >= 0.6 is 0 Å². The van der Waals surface area contributed by atoms with Crippen LogP contribution in [0.15, 0.2) is 18.2 Å². The van der Waals surface area contributed by atoms with Gasteiger partial charge in [-0.25, -0.2) is 4.39 Å². The molecule has 0 aliphatic heterocycles. The summed E-state index contributed by atoms with van der Waals surface area (Å²) in [5.41, 5.74) is 0.887. The number of rotatable bonds is 7. The fourth-order valence-electron chi connectivity index (χ4n) is 1.88. The van der Waals surface area contributed by atoms with Crippen molar-refractivity contribution in [1.29, 1.82) is 0 Å². The molecule has 106 valence electrons. The summed E-state index contributed by atoms with van der Waals surface area (Å²) in [6.07, 6.45) is 0. The van der Waals surface area contributed by atoms with Crippen molar-refractivity contribution in [2.24, 2.45) is 0 Å². The van der Waals surface area contributed by atoms with E-state index in [1.165, 1.54) is 6.07 Å². The van der Waals surface area contributed by atoms with Crippen LogP contribution in [0.1, 0.15) is 19.4 Å². The van der Waals surface area contributed by atoms with Crippen LogP contribution in [0.4, 0.5) is 4.39 Å². The van der Waals surface area contributed by atoms with Gasteiger partial charge in [0.25, 0.3) is 0 Å². The number of benzene rings is 1. The van der Waals surface area contributed by atoms with Gasteiger partial charge in [0.05, 0.1) is 6.61 Å². The van der Waals surface area contributed by atoms with E-state index in [1.54, 1.807) is 13.2 Å². The van der Waals surface area contributed by atoms with Gasteiger partial charge in [-0.15, -0.1) is 0 Å². The molecule has 0 saturated carbocycles. The standard InChI is InChI=1S/C13H21BFNO3/c1-10(2)16(4-5-19-3)9-11-6-12(14(17)18)8-13(15)7-11/h6-8,10,17-18H,4-5,9H2,1-3H3. The lowest BCUT2D eigenvalue weighted by Gasteiger charge is -2.26. The second kappa shape index (κ2) is 7.60. The van der Waals surface area contributed by atoms with E-state index in [1.807, 2.05) is 0 Å². The van der Waals surface area contributed by atoms with Crippen LogP contribution in [0, 0.1) is 5.82 Å². The molecule has 0 unspecified atom stereocenters. The summed E-state index contributed by atoms with van der Waals surface area (Å²) in [7, 11) is -0.0121. The minimum absolute atomic E-state index is 0.172. The topological polar surface area (TPSA) is 52.9 Å². The van der Waals surface area contributed by atoms with Crippen molar-refractivity contribution in [3.05, 3.63) is 29.6 Å². The molecule has 0 spiro atoms. The molecule has 4 nitrogen and oxygen atoms in total. The van der Waals surface area contributed by atoms with Crippen LogP contribution in [0.2, 0.25) is 0 Å². The molecule has 0 heterocycles. The maximum Gasteiger partial charge on any atom is 0.488 e. The molecule has 0 atom stereocenters. The van der Waals surface area contributed by atoms with Crippen LogP contribution in [0.25, 0.3) is 0 Å². The van der Waals surface area contributed by atoms with E-state index in [2.05, 4.69) is 18.7 Å². The summed E-state index contributed by atoms with van der Waals surface area (Å²) in [6, 6.07) is 4.44. The van der Waals surface area contributed by atoms with E-state index in [0.29, 0.717) is 24.8 Å². The summed E-state index contributed by atoms with van der Waals surface area (Å²) in [4.78, 5) is 2.13.